The third-order valence-electron chi connectivity index (χ3n) is 2.65. The van der Waals surface area contributed by atoms with Crippen molar-refractivity contribution in [3.8, 4) is 6.07 Å². The third-order valence-corrected chi connectivity index (χ3v) is 2.65. The molecule has 3 nitrogen and oxygen atoms in total. The summed E-state index contributed by atoms with van der Waals surface area (Å²) in [6.45, 7) is 4.89. The summed E-state index contributed by atoms with van der Waals surface area (Å²) in [5.41, 5.74) is -0.119. The molecule has 0 spiro atoms. The van der Waals surface area contributed by atoms with E-state index in [1.165, 1.54) is 0 Å². The van der Waals surface area contributed by atoms with E-state index in [0.29, 0.717) is 0 Å². The molecule has 1 aliphatic rings. The number of hydrogen-bond donors (Lipinski definition) is 1. The fraction of sp³-hybridized carbons (Fsp3) is 0.889. The monoisotopic (exact) mass is 168 g/mol. The van der Waals surface area contributed by atoms with Crippen molar-refractivity contribution in [1.82, 2.24) is 4.90 Å². The minimum atomic E-state index is -0.119. The van der Waals surface area contributed by atoms with Gasteiger partial charge in [0.1, 0.15) is 0 Å². The SMILES string of the molecule is CC1(C#N)CCN(CCO)CC1. The van der Waals surface area contributed by atoms with Crippen molar-refractivity contribution in [3.63, 3.8) is 0 Å². The highest BCUT2D eigenvalue weighted by Gasteiger charge is 2.29. The molecular formula is C9H16N2O. The molecule has 1 rings (SSSR count). The molecule has 0 aromatic rings. The van der Waals surface area contributed by atoms with Gasteiger partial charge in [-0.2, -0.15) is 5.26 Å². The van der Waals surface area contributed by atoms with Gasteiger partial charge in [-0.3, -0.25) is 0 Å². The molecule has 0 saturated carbocycles. The Balaban J connectivity index is 2.35. The minimum Gasteiger partial charge on any atom is -0.395 e. The second-order valence-electron chi connectivity index (χ2n) is 3.74. The molecular weight excluding hydrogens is 152 g/mol. The molecule has 0 aromatic carbocycles. The molecule has 68 valence electrons. The maximum Gasteiger partial charge on any atom is 0.0687 e. The van der Waals surface area contributed by atoms with Crippen LogP contribution in [0.25, 0.3) is 0 Å². The van der Waals surface area contributed by atoms with Crippen molar-refractivity contribution in [2.45, 2.75) is 19.8 Å². The first-order valence-electron chi connectivity index (χ1n) is 4.45. The van der Waals surface area contributed by atoms with E-state index in [-0.39, 0.29) is 12.0 Å². The molecule has 0 unspecified atom stereocenters. The van der Waals surface area contributed by atoms with Crippen LogP contribution in [0.15, 0.2) is 0 Å². The highest BCUT2D eigenvalue weighted by Crippen LogP contribution is 2.29. The van der Waals surface area contributed by atoms with E-state index < -0.39 is 0 Å². The third kappa shape index (κ3) is 2.20. The molecule has 0 atom stereocenters. The summed E-state index contributed by atoms with van der Waals surface area (Å²) in [5.74, 6) is 0. The van der Waals surface area contributed by atoms with Crippen molar-refractivity contribution in [2.24, 2.45) is 5.41 Å². The lowest BCUT2D eigenvalue weighted by molar-refractivity contribution is 0.129. The summed E-state index contributed by atoms with van der Waals surface area (Å²) < 4.78 is 0. The largest absolute Gasteiger partial charge is 0.395 e. The Morgan fingerprint density at radius 1 is 1.50 bits per heavy atom. The van der Waals surface area contributed by atoms with Crippen LogP contribution < -0.4 is 0 Å². The second-order valence-corrected chi connectivity index (χ2v) is 3.74. The smallest absolute Gasteiger partial charge is 0.0687 e. The lowest BCUT2D eigenvalue weighted by Gasteiger charge is -2.34. The molecule has 1 saturated heterocycles. The van der Waals surface area contributed by atoms with E-state index in [1.807, 2.05) is 6.92 Å². The van der Waals surface area contributed by atoms with Crippen molar-refractivity contribution >= 4 is 0 Å². The van der Waals surface area contributed by atoms with Crippen LogP contribution in [0.1, 0.15) is 19.8 Å². The Kier molecular flexibility index (Phi) is 3.07. The summed E-state index contributed by atoms with van der Waals surface area (Å²) in [6.07, 6.45) is 1.87. The van der Waals surface area contributed by atoms with Gasteiger partial charge in [0.2, 0.25) is 0 Å². The molecule has 1 N–H and O–H groups in total. The zero-order valence-corrected chi connectivity index (χ0v) is 7.58. The van der Waals surface area contributed by atoms with Crippen LogP contribution in [0, 0.1) is 16.7 Å². The molecule has 0 bridgehead atoms. The van der Waals surface area contributed by atoms with Crippen LogP contribution in [0.4, 0.5) is 0 Å². The first-order valence-corrected chi connectivity index (χ1v) is 4.45. The van der Waals surface area contributed by atoms with Gasteiger partial charge in [0.25, 0.3) is 0 Å². The number of likely N-dealkylation sites (tertiary alicyclic amines) is 1. The average Bonchev–Trinajstić information content (AvgIpc) is 2.10. The van der Waals surface area contributed by atoms with Gasteiger partial charge in [-0.05, 0) is 32.9 Å². The van der Waals surface area contributed by atoms with Gasteiger partial charge in [0, 0.05) is 6.54 Å². The van der Waals surface area contributed by atoms with Crippen LogP contribution in [0.5, 0.6) is 0 Å². The molecule has 0 aliphatic carbocycles. The fourth-order valence-electron chi connectivity index (χ4n) is 1.52. The van der Waals surface area contributed by atoms with Crippen LogP contribution in [-0.4, -0.2) is 36.2 Å². The Morgan fingerprint density at radius 3 is 2.50 bits per heavy atom. The number of nitriles is 1. The molecule has 1 fully saturated rings. The van der Waals surface area contributed by atoms with E-state index in [4.69, 9.17) is 10.4 Å². The summed E-state index contributed by atoms with van der Waals surface area (Å²) in [4.78, 5) is 2.21. The fourth-order valence-corrected chi connectivity index (χ4v) is 1.52. The molecule has 1 heterocycles. The number of nitrogens with zero attached hydrogens (tertiary/aromatic N) is 2. The van der Waals surface area contributed by atoms with Crippen LogP contribution in [0.2, 0.25) is 0 Å². The Hall–Kier alpha value is -0.590. The van der Waals surface area contributed by atoms with Crippen LogP contribution in [0.3, 0.4) is 0 Å². The van der Waals surface area contributed by atoms with E-state index in [1.54, 1.807) is 0 Å². The number of aliphatic hydroxyl groups excluding tert-OH is 1. The first kappa shape index (κ1) is 9.50. The van der Waals surface area contributed by atoms with Crippen LogP contribution >= 0.6 is 0 Å². The zero-order valence-electron chi connectivity index (χ0n) is 7.58. The highest BCUT2D eigenvalue weighted by molar-refractivity contribution is 4.98. The number of piperidine rings is 1. The van der Waals surface area contributed by atoms with Gasteiger partial charge in [-0.1, -0.05) is 0 Å². The first-order chi connectivity index (χ1) is 5.70. The molecule has 0 amide bonds. The van der Waals surface area contributed by atoms with E-state index in [2.05, 4.69) is 11.0 Å². The quantitative estimate of drug-likeness (QED) is 0.657. The molecule has 1 aliphatic heterocycles. The number of β-amino-alcohol motifs (C(OH)–C–C–N with tert-alkyl or cyclic N) is 1. The Labute approximate surface area is 73.6 Å². The lowest BCUT2D eigenvalue weighted by Crippen LogP contribution is -2.39. The van der Waals surface area contributed by atoms with E-state index in [0.717, 1.165) is 32.5 Å². The number of aliphatic hydroxyl groups is 1. The molecule has 0 aromatic heterocycles. The second kappa shape index (κ2) is 3.88. The average molecular weight is 168 g/mol. The number of hydrogen-bond acceptors (Lipinski definition) is 3. The van der Waals surface area contributed by atoms with Crippen LogP contribution in [-0.2, 0) is 0 Å². The predicted molar refractivity (Wildman–Crippen MR) is 46.5 cm³/mol. The van der Waals surface area contributed by atoms with Gasteiger partial charge in [-0.25, -0.2) is 0 Å². The van der Waals surface area contributed by atoms with Crippen molar-refractivity contribution < 1.29 is 5.11 Å². The summed E-state index contributed by atoms with van der Waals surface area (Å²) in [7, 11) is 0. The summed E-state index contributed by atoms with van der Waals surface area (Å²) in [6, 6.07) is 2.35. The Bertz CT molecular complexity index is 177. The van der Waals surface area contributed by atoms with E-state index >= 15 is 0 Å². The lowest BCUT2D eigenvalue weighted by atomic mass is 9.82. The number of rotatable bonds is 2. The van der Waals surface area contributed by atoms with Crippen molar-refractivity contribution in [2.75, 3.05) is 26.2 Å². The Morgan fingerprint density at radius 2 is 2.08 bits per heavy atom. The molecule has 0 radical (unpaired) electrons. The standard InChI is InChI=1S/C9H16N2O/c1-9(8-10)2-4-11(5-3-9)6-7-12/h12H,2-7H2,1H3. The van der Waals surface area contributed by atoms with Gasteiger partial charge >= 0.3 is 0 Å². The van der Waals surface area contributed by atoms with E-state index in [9.17, 15) is 0 Å². The van der Waals surface area contributed by atoms with Gasteiger partial charge in [0.15, 0.2) is 0 Å². The van der Waals surface area contributed by atoms with Gasteiger partial charge in [-0.15, -0.1) is 0 Å². The molecule has 3 heteroatoms. The molecule has 12 heavy (non-hydrogen) atoms. The highest BCUT2D eigenvalue weighted by atomic mass is 16.3. The van der Waals surface area contributed by atoms with Gasteiger partial charge < -0.3 is 10.0 Å². The summed E-state index contributed by atoms with van der Waals surface area (Å²) in [5, 5.41) is 17.5. The maximum atomic E-state index is 8.85. The van der Waals surface area contributed by atoms with Crippen molar-refractivity contribution in [1.29, 1.82) is 5.26 Å². The van der Waals surface area contributed by atoms with Gasteiger partial charge in [0.05, 0.1) is 18.1 Å². The van der Waals surface area contributed by atoms with Crippen molar-refractivity contribution in [3.05, 3.63) is 0 Å². The zero-order chi connectivity index (χ0) is 9.03. The minimum absolute atomic E-state index is 0.119. The summed E-state index contributed by atoms with van der Waals surface area (Å²) >= 11 is 0. The normalized spacial score (nSPS) is 23.4. The predicted octanol–water partition coefficient (Wildman–Crippen LogP) is 0.604. The topological polar surface area (TPSA) is 47.3 Å². The maximum absolute atomic E-state index is 8.85.